The van der Waals surface area contributed by atoms with E-state index in [0.717, 1.165) is 13.0 Å². The van der Waals surface area contributed by atoms with Crippen molar-refractivity contribution in [3.05, 3.63) is 42.1 Å². The first-order chi connectivity index (χ1) is 15.1. The van der Waals surface area contributed by atoms with Crippen LogP contribution in [0.1, 0.15) is 44.0 Å². The second-order valence-corrected chi connectivity index (χ2v) is 10.8. The van der Waals surface area contributed by atoms with E-state index in [1.54, 1.807) is 29.3 Å². The number of carbonyl (C=O) groups excluding carboxylic acids is 1. The Kier molecular flexibility index (Phi) is 5.83. The van der Waals surface area contributed by atoms with E-state index in [1.165, 1.54) is 12.1 Å². The van der Waals surface area contributed by atoms with Crippen molar-refractivity contribution in [2.24, 2.45) is 5.92 Å². The van der Waals surface area contributed by atoms with Gasteiger partial charge in [-0.1, -0.05) is 13.0 Å². The zero-order valence-electron chi connectivity index (χ0n) is 18.5. The van der Waals surface area contributed by atoms with Gasteiger partial charge in [0.1, 0.15) is 17.8 Å². The van der Waals surface area contributed by atoms with Crippen LogP contribution in [0.25, 0.3) is 0 Å². The lowest BCUT2D eigenvalue weighted by Crippen LogP contribution is -2.41. The Hall–Kier alpha value is -2.75. The van der Waals surface area contributed by atoms with E-state index >= 15 is 0 Å². The summed E-state index contributed by atoms with van der Waals surface area (Å²) in [6, 6.07) is 7.67. The Labute approximate surface area is 187 Å². The quantitative estimate of drug-likeness (QED) is 0.731. The minimum Gasteiger partial charge on any atom is -0.354 e. The Balaban J connectivity index is 1.59. The zero-order chi connectivity index (χ0) is 23.1. The number of amides is 1. The number of nitrogens with zero attached hydrogens (tertiary/aromatic N) is 4. The first-order valence-corrected chi connectivity index (χ1v) is 12.2. The molecule has 0 saturated carbocycles. The molecule has 10 heteroatoms. The summed E-state index contributed by atoms with van der Waals surface area (Å²) in [4.78, 5) is 25.4. The van der Waals surface area contributed by atoms with Crippen molar-refractivity contribution in [3.63, 3.8) is 0 Å². The van der Waals surface area contributed by atoms with Crippen LogP contribution in [-0.2, 0) is 10.0 Å². The number of alkyl halides is 1. The fraction of sp³-hybridized carbons (Fsp3) is 0.500. The number of pyridine rings is 2. The van der Waals surface area contributed by atoms with E-state index in [9.17, 15) is 17.6 Å². The summed E-state index contributed by atoms with van der Waals surface area (Å²) in [5, 5.41) is -0.286. The molecule has 0 bridgehead atoms. The molecule has 2 atom stereocenters. The highest BCUT2D eigenvalue weighted by Crippen LogP contribution is 2.37. The van der Waals surface area contributed by atoms with Crippen molar-refractivity contribution in [3.8, 4) is 0 Å². The normalized spacial score (nSPS) is 22.9. The fourth-order valence-electron chi connectivity index (χ4n) is 4.63. The van der Waals surface area contributed by atoms with Crippen LogP contribution in [0.3, 0.4) is 0 Å². The van der Waals surface area contributed by atoms with Crippen molar-refractivity contribution in [2.45, 2.75) is 50.3 Å². The molecule has 1 unspecified atom stereocenters. The number of nitrogens with one attached hydrogen (secondary N) is 1. The van der Waals surface area contributed by atoms with Crippen molar-refractivity contribution in [1.29, 1.82) is 0 Å². The van der Waals surface area contributed by atoms with Crippen molar-refractivity contribution >= 4 is 27.6 Å². The summed E-state index contributed by atoms with van der Waals surface area (Å²) >= 11 is 0. The van der Waals surface area contributed by atoms with Crippen molar-refractivity contribution < 1.29 is 17.6 Å². The second-order valence-electron chi connectivity index (χ2n) is 9.21. The molecule has 0 aliphatic carbocycles. The molecule has 2 aromatic rings. The molecule has 0 aromatic carbocycles. The summed E-state index contributed by atoms with van der Waals surface area (Å²) in [5.74, 6) is 0.492. The Morgan fingerprint density at radius 1 is 1.22 bits per heavy atom. The maximum absolute atomic E-state index is 13.5. The second kappa shape index (κ2) is 8.31. The van der Waals surface area contributed by atoms with Gasteiger partial charge in [-0.05, 0) is 56.9 Å². The van der Waals surface area contributed by atoms with Gasteiger partial charge >= 0.3 is 0 Å². The van der Waals surface area contributed by atoms with Crippen LogP contribution in [0.15, 0.2) is 41.6 Å². The number of rotatable bonds is 5. The van der Waals surface area contributed by atoms with Gasteiger partial charge in [0.05, 0.1) is 12.1 Å². The average molecular weight is 462 g/mol. The van der Waals surface area contributed by atoms with Crippen LogP contribution < -0.4 is 14.5 Å². The van der Waals surface area contributed by atoms with Gasteiger partial charge in [-0.3, -0.25) is 4.79 Å². The molecule has 2 aliphatic heterocycles. The smallest absolute Gasteiger partial charge is 0.281 e. The molecule has 2 aliphatic rings. The molecule has 2 fully saturated rings. The minimum absolute atomic E-state index is 0.173. The summed E-state index contributed by atoms with van der Waals surface area (Å²) in [6.45, 7) is 7.67. The summed E-state index contributed by atoms with van der Waals surface area (Å²) in [5.41, 5.74) is -0.0177. The molecule has 2 aromatic heterocycles. The van der Waals surface area contributed by atoms with E-state index < -0.39 is 22.1 Å². The third-order valence-electron chi connectivity index (χ3n) is 6.03. The maximum Gasteiger partial charge on any atom is 0.281 e. The minimum atomic E-state index is -4.23. The van der Waals surface area contributed by atoms with Gasteiger partial charge in [0.25, 0.3) is 15.9 Å². The number of hydrogen-bond donors (Lipinski definition) is 1. The Morgan fingerprint density at radius 3 is 2.66 bits per heavy atom. The molecular weight excluding hydrogens is 433 g/mol. The van der Waals surface area contributed by atoms with Gasteiger partial charge in [0.2, 0.25) is 0 Å². The van der Waals surface area contributed by atoms with Crippen molar-refractivity contribution in [2.75, 3.05) is 29.4 Å². The van der Waals surface area contributed by atoms with E-state index in [2.05, 4.69) is 40.4 Å². The van der Waals surface area contributed by atoms with Crippen LogP contribution in [0.5, 0.6) is 0 Å². The molecule has 4 rings (SSSR count). The average Bonchev–Trinajstić information content (AvgIpc) is 3.29. The van der Waals surface area contributed by atoms with Gasteiger partial charge in [0.15, 0.2) is 5.03 Å². The maximum atomic E-state index is 13.5. The predicted octanol–water partition coefficient (Wildman–Crippen LogP) is 2.77. The molecule has 1 amide bonds. The van der Waals surface area contributed by atoms with Crippen LogP contribution in [0.4, 0.5) is 16.0 Å². The van der Waals surface area contributed by atoms with Crippen LogP contribution in [0.2, 0.25) is 0 Å². The molecule has 4 heterocycles. The number of anilines is 2. The Bertz CT molecular complexity index is 1120. The highest BCUT2D eigenvalue weighted by Gasteiger charge is 2.39. The number of hydrogen-bond acceptors (Lipinski definition) is 7. The van der Waals surface area contributed by atoms with Crippen LogP contribution in [0, 0.1) is 5.92 Å². The Morgan fingerprint density at radius 2 is 2.00 bits per heavy atom. The first-order valence-electron chi connectivity index (χ1n) is 10.7. The zero-order valence-corrected chi connectivity index (χ0v) is 19.3. The highest BCUT2D eigenvalue weighted by molar-refractivity contribution is 7.90. The number of aromatic nitrogens is 2. The van der Waals surface area contributed by atoms with Crippen LogP contribution in [-0.4, -0.2) is 55.6 Å². The monoisotopic (exact) mass is 461 g/mol. The van der Waals surface area contributed by atoms with E-state index in [0.29, 0.717) is 30.5 Å². The largest absolute Gasteiger partial charge is 0.354 e. The summed E-state index contributed by atoms with van der Waals surface area (Å²) in [7, 11) is -4.23. The van der Waals surface area contributed by atoms with Crippen molar-refractivity contribution in [1.82, 2.24) is 14.7 Å². The van der Waals surface area contributed by atoms with Gasteiger partial charge in [-0.25, -0.2) is 19.1 Å². The number of halogens is 1. The molecule has 2 saturated heterocycles. The third kappa shape index (κ3) is 4.41. The lowest BCUT2D eigenvalue weighted by Gasteiger charge is -2.33. The van der Waals surface area contributed by atoms with E-state index in [-0.39, 0.29) is 22.7 Å². The number of carbonyl (C=O) groups is 1. The van der Waals surface area contributed by atoms with E-state index in [4.69, 9.17) is 0 Å². The summed E-state index contributed by atoms with van der Waals surface area (Å²) in [6.07, 6.45) is 1.96. The number of sulfonamides is 1. The SMILES string of the molecule is CC1CN(c2ncccc2C(=O)NS(=O)(=O)c2cccc(N3CC[C@H](F)C3)n2)C(C)(C)C1. The van der Waals surface area contributed by atoms with Gasteiger partial charge in [-0.2, -0.15) is 8.42 Å². The fourth-order valence-corrected chi connectivity index (χ4v) is 5.56. The molecule has 0 radical (unpaired) electrons. The van der Waals surface area contributed by atoms with Gasteiger partial charge in [-0.15, -0.1) is 0 Å². The highest BCUT2D eigenvalue weighted by atomic mass is 32.2. The lowest BCUT2D eigenvalue weighted by atomic mass is 9.97. The summed E-state index contributed by atoms with van der Waals surface area (Å²) < 4.78 is 41.5. The molecular formula is C22H28FN5O3S. The lowest BCUT2D eigenvalue weighted by molar-refractivity contribution is 0.0981. The predicted molar refractivity (Wildman–Crippen MR) is 120 cm³/mol. The van der Waals surface area contributed by atoms with E-state index in [1.807, 2.05) is 0 Å². The van der Waals surface area contributed by atoms with Gasteiger partial charge < -0.3 is 9.80 Å². The first kappa shape index (κ1) is 22.4. The third-order valence-corrected chi connectivity index (χ3v) is 7.26. The molecule has 8 nitrogen and oxygen atoms in total. The molecule has 172 valence electrons. The molecule has 0 spiro atoms. The van der Waals surface area contributed by atoms with Crippen LogP contribution >= 0.6 is 0 Å². The van der Waals surface area contributed by atoms with Gasteiger partial charge in [0, 0.05) is 24.8 Å². The standard InChI is InChI=1S/C22H28FN5O3S/c1-15-12-22(2,3)28(13-15)20-17(6-5-10-24-20)21(29)26-32(30,31)19-8-4-7-18(25-19)27-11-9-16(23)14-27/h4-8,10,15-16H,9,11-14H2,1-3H3,(H,26,29)/t15?,16-/m0/s1. The molecule has 1 N–H and O–H groups in total. The molecule has 32 heavy (non-hydrogen) atoms. The topological polar surface area (TPSA) is 95.5 Å².